The third-order valence-corrected chi connectivity index (χ3v) is 3.72. The molecular formula is C18H28N6O. The maximum absolute atomic E-state index is 5.42. The third kappa shape index (κ3) is 6.10. The number of ether oxygens (including phenoxy) is 1. The first kappa shape index (κ1) is 18.8. The van der Waals surface area contributed by atoms with E-state index in [1.807, 2.05) is 30.7 Å². The third-order valence-electron chi connectivity index (χ3n) is 3.72. The predicted molar refractivity (Wildman–Crippen MR) is 99.9 cm³/mol. The van der Waals surface area contributed by atoms with Gasteiger partial charge in [-0.2, -0.15) is 5.10 Å². The minimum Gasteiger partial charge on any atom is -0.478 e. The monoisotopic (exact) mass is 344 g/mol. The van der Waals surface area contributed by atoms with Gasteiger partial charge >= 0.3 is 0 Å². The number of aliphatic imine (C=N–C) groups is 1. The fourth-order valence-corrected chi connectivity index (χ4v) is 2.53. The smallest absolute Gasteiger partial charge is 0.213 e. The summed E-state index contributed by atoms with van der Waals surface area (Å²) in [6.45, 7) is 9.06. The zero-order chi connectivity index (χ0) is 18.1. The van der Waals surface area contributed by atoms with E-state index >= 15 is 0 Å². The summed E-state index contributed by atoms with van der Waals surface area (Å²) in [7, 11) is 1.77. The van der Waals surface area contributed by atoms with Crippen LogP contribution in [0.5, 0.6) is 5.88 Å². The van der Waals surface area contributed by atoms with Gasteiger partial charge in [-0.25, -0.2) is 4.98 Å². The molecule has 0 spiro atoms. The minimum absolute atomic E-state index is 0.613. The van der Waals surface area contributed by atoms with Crippen LogP contribution in [0.25, 0.3) is 0 Å². The summed E-state index contributed by atoms with van der Waals surface area (Å²) in [5.74, 6) is 1.43. The highest BCUT2D eigenvalue weighted by atomic mass is 16.5. The SMILES string of the molecule is CCOc1cc(CNC(=NC)NCCCn2nc(C)cc2C)ccn1. The van der Waals surface area contributed by atoms with Crippen molar-refractivity contribution >= 4 is 5.96 Å². The van der Waals surface area contributed by atoms with Crippen LogP contribution in [-0.2, 0) is 13.1 Å². The number of rotatable bonds is 8. The van der Waals surface area contributed by atoms with Crippen LogP contribution in [0.15, 0.2) is 29.4 Å². The summed E-state index contributed by atoms with van der Waals surface area (Å²) in [4.78, 5) is 8.42. The van der Waals surface area contributed by atoms with Crippen molar-refractivity contribution in [2.45, 2.75) is 40.3 Å². The van der Waals surface area contributed by atoms with Gasteiger partial charge in [0.2, 0.25) is 5.88 Å². The van der Waals surface area contributed by atoms with E-state index < -0.39 is 0 Å². The molecule has 0 bridgehead atoms. The molecule has 7 nitrogen and oxygen atoms in total. The maximum atomic E-state index is 5.42. The molecule has 2 aromatic heterocycles. The number of hydrogen-bond donors (Lipinski definition) is 2. The molecule has 0 amide bonds. The van der Waals surface area contributed by atoms with Crippen molar-refractivity contribution in [3.8, 4) is 5.88 Å². The molecule has 0 unspecified atom stereocenters. The molecule has 0 aliphatic rings. The second-order valence-corrected chi connectivity index (χ2v) is 5.79. The molecule has 2 rings (SSSR count). The number of guanidine groups is 1. The van der Waals surface area contributed by atoms with E-state index in [9.17, 15) is 0 Å². The largest absolute Gasteiger partial charge is 0.478 e. The molecular weight excluding hydrogens is 316 g/mol. The molecule has 0 atom stereocenters. The van der Waals surface area contributed by atoms with Gasteiger partial charge in [0, 0.05) is 44.6 Å². The average Bonchev–Trinajstić information content (AvgIpc) is 2.92. The summed E-state index contributed by atoms with van der Waals surface area (Å²) in [5, 5.41) is 11.1. The lowest BCUT2D eigenvalue weighted by Gasteiger charge is -2.12. The molecule has 0 saturated heterocycles. The van der Waals surface area contributed by atoms with Gasteiger partial charge in [-0.15, -0.1) is 0 Å². The van der Waals surface area contributed by atoms with Crippen LogP contribution in [-0.4, -0.2) is 40.9 Å². The van der Waals surface area contributed by atoms with Gasteiger partial charge in [-0.3, -0.25) is 9.67 Å². The van der Waals surface area contributed by atoms with E-state index in [-0.39, 0.29) is 0 Å². The van der Waals surface area contributed by atoms with Crippen molar-refractivity contribution in [1.82, 2.24) is 25.4 Å². The van der Waals surface area contributed by atoms with Gasteiger partial charge in [0.05, 0.1) is 12.3 Å². The van der Waals surface area contributed by atoms with Gasteiger partial charge in [-0.1, -0.05) is 0 Å². The van der Waals surface area contributed by atoms with Gasteiger partial charge in [-0.05, 0) is 44.9 Å². The normalized spacial score (nSPS) is 11.4. The Morgan fingerprint density at radius 1 is 1.28 bits per heavy atom. The molecule has 2 aromatic rings. The highest BCUT2D eigenvalue weighted by Gasteiger charge is 2.02. The highest BCUT2D eigenvalue weighted by Crippen LogP contribution is 2.08. The molecule has 25 heavy (non-hydrogen) atoms. The molecule has 136 valence electrons. The van der Waals surface area contributed by atoms with Crippen molar-refractivity contribution in [1.29, 1.82) is 0 Å². The Bertz CT molecular complexity index is 695. The Morgan fingerprint density at radius 2 is 2.12 bits per heavy atom. The quantitative estimate of drug-likeness (QED) is 0.435. The second-order valence-electron chi connectivity index (χ2n) is 5.79. The van der Waals surface area contributed by atoms with Crippen LogP contribution in [0, 0.1) is 13.8 Å². The van der Waals surface area contributed by atoms with Crippen molar-refractivity contribution in [2.75, 3.05) is 20.2 Å². The second kappa shape index (κ2) is 9.66. The number of pyridine rings is 1. The molecule has 2 heterocycles. The minimum atomic E-state index is 0.613. The molecule has 0 aliphatic carbocycles. The maximum Gasteiger partial charge on any atom is 0.213 e. The topological polar surface area (TPSA) is 76.4 Å². The predicted octanol–water partition coefficient (Wildman–Crippen LogP) is 2.05. The fraction of sp³-hybridized carbons (Fsp3) is 0.500. The van der Waals surface area contributed by atoms with E-state index in [2.05, 4.69) is 38.7 Å². The van der Waals surface area contributed by atoms with Gasteiger partial charge in [0.25, 0.3) is 0 Å². The average molecular weight is 344 g/mol. The molecule has 0 fully saturated rings. The first-order valence-electron chi connectivity index (χ1n) is 8.65. The van der Waals surface area contributed by atoms with Gasteiger partial charge in [0.1, 0.15) is 0 Å². The zero-order valence-electron chi connectivity index (χ0n) is 15.5. The Labute approximate surface area is 149 Å². The van der Waals surface area contributed by atoms with Crippen LogP contribution in [0.2, 0.25) is 0 Å². The van der Waals surface area contributed by atoms with Crippen molar-refractivity contribution in [2.24, 2.45) is 4.99 Å². The molecule has 0 aliphatic heterocycles. The number of aromatic nitrogens is 3. The Balaban J connectivity index is 1.73. The Kier molecular flexibility index (Phi) is 7.25. The standard InChI is InChI=1S/C18H28N6O/c1-5-25-17-12-16(7-9-20-17)13-22-18(19-4)21-8-6-10-24-15(3)11-14(2)23-24/h7,9,11-12H,5-6,8,10,13H2,1-4H3,(H2,19,21,22). The lowest BCUT2D eigenvalue weighted by Crippen LogP contribution is -2.37. The van der Waals surface area contributed by atoms with Crippen molar-refractivity contribution < 1.29 is 4.74 Å². The molecule has 7 heteroatoms. The van der Waals surface area contributed by atoms with E-state index in [0.717, 1.165) is 36.7 Å². The zero-order valence-corrected chi connectivity index (χ0v) is 15.5. The summed E-state index contributed by atoms with van der Waals surface area (Å²) in [5.41, 5.74) is 3.36. The lowest BCUT2D eigenvalue weighted by atomic mass is 10.2. The summed E-state index contributed by atoms with van der Waals surface area (Å²) >= 11 is 0. The van der Waals surface area contributed by atoms with E-state index in [1.165, 1.54) is 5.69 Å². The number of nitrogens with zero attached hydrogens (tertiary/aromatic N) is 4. The van der Waals surface area contributed by atoms with Crippen LogP contribution in [0.1, 0.15) is 30.3 Å². The van der Waals surface area contributed by atoms with Crippen LogP contribution >= 0.6 is 0 Å². The van der Waals surface area contributed by atoms with Gasteiger partial charge in [0.15, 0.2) is 5.96 Å². The Hall–Kier alpha value is -2.57. The Morgan fingerprint density at radius 3 is 2.80 bits per heavy atom. The van der Waals surface area contributed by atoms with Crippen molar-refractivity contribution in [3.05, 3.63) is 41.3 Å². The summed E-state index contributed by atoms with van der Waals surface area (Å²) in [6, 6.07) is 6.00. The number of nitrogens with one attached hydrogen (secondary N) is 2. The number of aryl methyl sites for hydroxylation is 3. The first-order chi connectivity index (χ1) is 12.1. The van der Waals surface area contributed by atoms with Crippen LogP contribution in [0.4, 0.5) is 0 Å². The number of hydrogen-bond acceptors (Lipinski definition) is 4. The van der Waals surface area contributed by atoms with Crippen LogP contribution in [0.3, 0.4) is 0 Å². The van der Waals surface area contributed by atoms with E-state index in [0.29, 0.717) is 19.0 Å². The first-order valence-corrected chi connectivity index (χ1v) is 8.65. The molecule has 2 N–H and O–H groups in total. The highest BCUT2D eigenvalue weighted by molar-refractivity contribution is 5.79. The molecule has 0 aromatic carbocycles. The lowest BCUT2D eigenvalue weighted by molar-refractivity contribution is 0.326. The fourth-order valence-electron chi connectivity index (χ4n) is 2.53. The molecule has 0 saturated carbocycles. The van der Waals surface area contributed by atoms with Gasteiger partial charge < -0.3 is 15.4 Å². The van der Waals surface area contributed by atoms with Crippen molar-refractivity contribution in [3.63, 3.8) is 0 Å². The van der Waals surface area contributed by atoms with E-state index in [1.54, 1.807) is 13.2 Å². The van der Waals surface area contributed by atoms with Crippen LogP contribution < -0.4 is 15.4 Å². The summed E-state index contributed by atoms with van der Waals surface area (Å²) < 4.78 is 7.46. The summed E-state index contributed by atoms with van der Waals surface area (Å²) in [6.07, 6.45) is 2.74. The van der Waals surface area contributed by atoms with E-state index in [4.69, 9.17) is 4.74 Å². The molecule has 0 radical (unpaired) electrons.